The summed E-state index contributed by atoms with van der Waals surface area (Å²) >= 11 is 0. The smallest absolute Gasteiger partial charge is 0.247 e. The minimum Gasteiger partial charge on any atom is -0.489 e. The maximum atomic E-state index is 13.8. The van der Waals surface area contributed by atoms with Gasteiger partial charge in [-0.3, -0.25) is 14.4 Å². The van der Waals surface area contributed by atoms with E-state index in [1.54, 1.807) is 12.1 Å². The minimum absolute atomic E-state index is 0.239. The lowest BCUT2D eigenvalue weighted by Gasteiger charge is -2.24. The van der Waals surface area contributed by atoms with Crippen molar-refractivity contribution in [2.45, 2.75) is 56.8 Å². The van der Waals surface area contributed by atoms with Crippen molar-refractivity contribution in [2.24, 2.45) is 11.5 Å². The normalized spacial score (nSPS) is 12.9. The van der Waals surface area contributed by atoms with E-state index in [1.165, 1.54) is 0 Å². The summed E-state index contributed by atoms with van der Waals surface area (Å²) in [4.78, 5) is 44.0. The number of ether oxygens (including phenoxy) is 1. The Labute approximate surface area is 286 Å². The molecule has 8 N–H and O–H groups in total. The van der Waals surface area contributed by atoms with Crippen molar-refractivity contribution in [1.29, 1.82) is 0 Å². The standard InChI is InChI=1S/C39H44N6O4/c40-22-10-9-17-35(44-37(46)33(41)23-27-18-20-31(21-19-27)49-26-28-11-3-1-4-12-28)38(47)45-36(39(48)43-30-13-5-2-6-14-30)24-29-25-42-34-16-8-7-15-32(29)34/h1-8,11-16,18-21,25,33,35-36,42H,9-10,17,22-24,26,40-41H2,(H,43,48)(H,44,46)(H,45,47)/t33-,35-,36-/m0/s1. The van der Waals surface area contributed by atoms with Gasteiger partial charge in [-0.25, -0.2) is 0 Å². The topological polar surface area (TPSA) is 164 Å². The predicted molar refractivity (Wildman–Crippen MR) is 193 cm³/mol. The number of unbranched alkanes of at least 4 members (excludes halogenated alkanes) is 1. The largest absolute Gasteiger partial charge is 0.489 e. The minimum atomic E-state index is -0.919. The van der Waals surface area contributed by atoms with Crippen LogP contribution >= 0.6 is 0 Å². The molecule has 0 radical (unpaired) electrons. The molecule has 0 spiro atoms. The molecule has 49 heavy (non-hydrogen) atoms. The molecule has 4 aromatic carbocycles. The molecule has 0 unspecified atom stereocenters. The molecule has 3 amide bonds. The number of amides is 3. The van der Waals surface area contributed by atoms with E-state index < -0.39 is 29.9 Å². The molecule has 0 fully saturated rings. The number of carbonyl (C=O) groups excluding carboxylic acids is 3. The average molecular weight is 661 g/mol. The van der Waals surface area contributed by atoms with Crippen LogP contribution in [-0.4, -0.2) is 47.4 Å². The number of anilines is 1. The molecule has 5 aromatic rings. The first-order valence-electron chi connectivity index (χ1n) is 16.6. The van der Waals surface area contributed by atoms with Gasteiger partial charge in [-0.15, -0.1) is 0 Å². The van der Waals surface area contributed by atoms with Crippen LogP contribution < -0.4 is 32.2 Å². The molecular formula is C39H44N6O4. The number of fused-ring (bicyclic) bond motifs is 1. The molecule has 0 saturated carbocycles. The molecule has 254 valence electrons. The first kappa shape index (κ1) is 34.9. The van der Waals surface area contributed by atoms with E-state index >= 15 is 0 Å². The van der Waals surface area contributed by atoms with Gasteiger partial charge in [0, 0.05) is 29.2 Å². The van der Waals surface area contributed by atoms with E-state index in [9.17, 15) is 14.4 Å². The van der Waals surface area contributed by atoms with Gasteiger partial charge in [-0.2, -0.15) is 0 Å². The van der Waals surface area contributed by atoms with Gasteiger partial charge in [-0.05, 0) is 79.3 Å². The number of aromatic amines is 1. The third kappa shape index (κ3) is 10.3. The van der Waals surface area contributed by atoms with E-state index in [-0.39, 0.29) is 18.7 Å². The van der Waals surface area contributed by atoms with Crippen molar-refractivity contribution in [2.75, 3.05) is 11.9 Å². The summed E-state index contributed by atoms with van der Waals surface area (Å²) in [6.45, 7) is 0.905. The maximum Gasteiger partial charge on any atom is 0.247 e. The van der Waals surface area contributed by atoms with Crippen molar-refractivity contribution in [3.8, 4) is 5.75 Å². The molecule has 0 bridgehead atoms. The van der Waals surface area contributed by atoms with E-state index in [1.807, 2.05) is 103 Å². The van der Waals surface area contributed by atoms with Crippen LogP contribution in [0.4, 0.5) is 5.69 Å². The highest BCUT2D eigenvalue weighted by atomic mass is 16.5. The lowest BCUT2D eigenvalue weighted by atomic mass is 10.0. The van der Waals surface area contributed by atoms with Crippen LogP contribution in [0.5, 0.6) is 5.75 Å². The van der Waals surface area contributed by atoms with Gasteiger partial charge in [-0.1, -0.05) is 78.9 Å². The van der Waals surface area contributed by atoms with E-state index in [2.05, 4.69) is 20.9 Å². The van der Waals surface area contributed by atoms with Crippen molar-refractivity contribution >= 4 is 34.3 Å². The number of nitrogens with one attached hydrogen (secondary N) is 4. The lowest BCUT2D eigenvalue weighted by molar-refractivity contribution is -0.131. The zero-order valence-electron chi connectivity index (χ0n) is 27.4. The summed E-state index contributed by atoms with van der Waals surface area (Å²) in [6.07, 6.45) is 3.98. The molecule has 0 aliphatic carbocycles. The first-order valence-corrected chi connectivity index (χ1v) is 16.6. The fourth-order valence-corrected chi connectivity index (χ4v) is 5.60. The van der Waals surface area contributed by atoms with Crippen molar-refractivity contribution in [1.82, 2.24) is 15.6 Å². The van der Waals surface area contributed by atoms with Gasteiger partial charge in [0.2, 0.25) is 17.7 Å². The fourth-order valence-electron chi connectivity index (χ4n) is 5.60. The lowest BCUT2D eigenvalue weighted by Crippen LogP contribution is -2.55. The van der Waals surface area contributed by atoms with Crippen molar-refractivity contribution < 1.29 is 19.1 Å². The van der Waals surface area contributed by atoms with Gasteiger partial charge in [0.25, 0.3) is 0 Å². The zero-order chi connectivity index (χ0) is 34.4. The summed E-state index contributed by atoms with van der Waals surface area (Å²) in [5.74, 6) is -0.588. The zero-order valence-corrected chi connectivity index (χ0v) is 27.4. The number of rotatable bonds is 17. The number of H-pyrrole nitrogens is 1. The molecule has 3 atom stereocenters. The molecule has 5 rings (SSSR count). The highest BCUT2D eigenvalue weighted by Crippen LogP contribution is 2.20. The summed E-state index contributed by atoms with van der Waals surface area (Å²) in [5.41, 5.74) is 16.4. The Balaban J connectivity index is 1.24. The number of nitrogens with two attached hydrogens (primary N) is 2. The molecule has 0 saturated heterocycles. The van der Waals surface area contributed by atoms with Gasteiger partial charge in [0.05, 0.1) is 6.04 Å². The van der Waals surface area contributed by atoms with Crippen LogP contribution in [0.15, 0.2) is 115 Å². The second-order valence-corrected chi connectivity index (χ2v) is 12.1. The highest BCUT2D eigenvalue weighted by molar-refractivity contribution is 5.99. The summed E-state index contributed by atoms with van der Waals surface area (Å²) in [6, 6.07) is 31.5. The Morgan fingerprint density at radius 3 is 2.10 bits per heavy atom. The van der Waals surface area contributed by atoms with Crippen molar-refractivity contribution in [3.63, 3.8) is 0 Å². The Morgan fingerprint density at radius 1 is 0.694 bits per heavy atom. The Kier molecular flexibility index (Phi) is 12.5. The number of carbonyl (C=O) groups is 3. The van der Waals surface area contributed by atoms with Crippen LogP contribution in [0.1, 0.15) is 36.0 Å². The number of aromatic nitrogens is 1. The van der Waals surface area contributed by atoms with E-state index in [4.69, 9.17) is 16.2 Å². The molecule has 1 aromatic heterocycles. The average Bonchev–Trinajstić information content (AvgIpc) is 3.54. The molecule has 10 heteroatoms. The molecular weight excluding hydrogens is 616 g/mol. The second-order valence-electron chi connectivity index (χ2n) is 12.1. The second kappa shape index (κ2) is 17.6. The van der Waals surface area contributed by atoms with Gasteiger partial charge in [0.1, 0.15) is 24.4 Å². The number of benzene rings is 4. The first-order chi connectivity index (χ1) is 23.9. The van der Waals surface area contributed by atoms with Crippen LogP contribution in [0.2, 0.25) is 0 Å². The fraction of sp³-hybridized carbons (Fsp3) is 0.256. The van der Waals surface area contributed by atoms with Crippen LogP contribution in [0, 0.1) is 0 Å². The Hall–Kier alpha value is -5.45. The predicted octanol–water partition coefficient (Wildman–Crippen LogP) is 4.60. The summed E-state index contributed by atoms with van der Waals surface area (Å²) < 4.78 is 5.87. The SMILES string of the molecule is NCCCC[C@H](NC(=O)[C@@H](N)Cc1ccc(OCc2ccccc2)cc1)C(=O)N[C@@H](Cc1c[nH]c2ccccc12)C(=O)Nc1ccccc1. The van der Waals surface area contributed by atoms with Gasteiger partial charge >= 0.3 is 0 Å². The third-order valence-corrected chi connectivity index (χ3v) is 8.32. The van der Waals surface area contributed by atoms with Crippen molar-refractivity contribution in [3.05, 3.63) is 132 Å². The Morgan fingerprint density at radius 2 is 1.37 bits per heavy atom. The van der Waals surface area contributed by atoms with Gasteiger partial charge in [0.15, 0.2) is 0 Å². The molecule has 1 heterocycles. The van der Waals surface area contributed by atoms with E-state index in [0.29, 0.717) is 43.9 Å². The highest BCUT2D eigenvalue weighted by Gasteiger charge is 2.29. The van der Waals surface area contributed by atoms with E-state index in [0.717, 1.165) is 27.6 Å². The number of hydrogen-bond donors (Lipinski definition) is 6. The molecule has 0 aliphatic rings. The van der Waals surface area contributed by atoms with Crippen LogP contribution in [-0.2, 0) is 33.8 Å². The van der Waals surface area contributed by atoms with Crippen LogP contribution in [0.25, 0.3) is 10.9 Å². The molecule has 10 nitrogen and oxygen atoms in total. The van der Waals surface area contributed by atoms with Gasteiger partial charge < -0.3 is 37.1 Å². The molecule has 0 aliphatic heterocycles. The summed E-state index contributed by atoms with van der Waals surface area (Å²) in [7, 11) is 0. The quantitative estimate of drug-likeness (QED) is 0.0799. The third-order valence-electron chi connectivity index (χ3n) is 8.32. The monoisotopic (exact) mass is 660 g/mol. The van der Waals surface area contributed by atoms with Crippen LogP contribution in [0.3, 0.4) is 0 Å². The summed E-state index contributed by atoms with van der Waals surface area (Å²) in [5, 5.41) is 9.64. The number of para-hydroxylation sites is 2. The Bertz CT molecular complexity index is 1790. The number of hydrogen-bond acceptors (Lipinski definition) is 6. The maximum absolute atomic E-state index is 13.8.